The molecule has 0 saturated carbocycles. The van der Waals surface area contributed by atoms with E-state index in [4.69, 9.17) is 9.57 Å². The average molecular weight is 380 g/mol. The van der Waals surface area contributed by atoms with Gasteiger partial charge in [0.15, 0.2) is 11.5 Å². The highest BCUT2D eigenvalue weighted by Gasteiger charge is 2.24. The van der Waals surface area contributed by atoms with E-state index in [1.54, 1.807) is 18.5 Å². The average Bonchev–Trinajstić information content (AvgIpc) is 3.10. The molecule has 3 aromatic rings. The van der Waals surface area contributed by atoms with E-state index in [1.807, 2.05) is 19.1 Å². The maximum Gasteiger partial charge on any atom is 0.261 e. The van der Waals surface area contributed by atoms with Crippen molar-refractivity contribution in [2.75, 3.05) is 13.2 Å². The Morgan fingerprint density at radius 1 is 1.37 bits per heavy atom. The maximum atomic E-state index is 5.54. The second-order valence-electron chi connectivity index (χ2n) is 5.69. The number of aryl methyl sites for hydroxylation is 1. The smallest absolute Gasteiger partial charge is 0.261 e. The summed E-state index contributed by atoms with van der Waals surface area (Å²) in [5, 5.41) is 13.4. The fourth-order valence-corrected chi connectivity index (χ4v) is 3.52. The molecule has 0 unspecified atom stereocenters. The van der Waals surface area contributed by atoms with Crippen LogP contribution in [0.25, 0.3) is 21.3 Å². The van der Waals surface area contributed by atoms with E-state index in [0.717, 1.165) is 21.1 Å². The van der Waals surface area contributed by atoms with Crippen molar-refractivity contribution in [3.63, 3.8) is 0 Å². The van der Waals surface area contributed by atoms with Crippen LogP contribution in [0.5, 0.6) is 5.88 Å². The van der Waals surface area contributed by atoms with Crippen LogP contribution < -0.4 is 4.74 Å². The predicted octanol–water partition coefficient (Wildman–Crippen LogP) is 3.05. The van der Waals surface area contributed by atoms with Gasteiger partial charge in [0.05, 0.1) is 17.2 Å². The lowest BCUT2D eigenvalue weighted by Gasteiger charge is -2.16. The topological polar surface area (TPSA) is 95.3 Å². The van der Waals surface area contributed by atoms with Gasteiger partial charge in [-0.15, -0.1) is 21.5 Å². The van der Waals surface area contributed by atoms with Crippen molar-refractivity contribution < 1.29 is 9.57 Å². The van der Waals surface area contributed by atoms with Crippen LogP contribution in [0.3, 0.4) is 0 Å². The van der Waals surface area contributed by atoms with Gasteiger partial charge in [-0.2, -0.15) is 0 Å². The zero-order valence-electron chi connectivity index (χ0n) is 14.6. The summed E-state index contributed by atoms with van der Waals surface area (Å²) < 4.78 is 5.54. The molecule has 0 saturated heterocycles. The summed E-state index contributed by atoms with van der Waals surface area (Å²) in [6, 6.07) is 3.85. The second-order valence-corrected chi connectivity index (χ2v) is 6.68. The summed E-state index contributed by atoms with van der Waals surface area (Å²) in [5.74, 6) is 0.849. The molecule has 3 aromatic heterocycles. The first-order valence-electron chi connectivity index (χ1n) is 8.32. The first-order valence-corrected chi connectivity index (χ1v) is 9.13. The Bertz CT molecular complexity index is 1000. The largest absolute Gasteiger partial charge is 0.475 e. The van der Waals surface area contributed by atoms with Crippen LogP contribution in [-0.4, -0.2) is 44.1 Å². The monoisotopic (exact) mass is 380 g/mol. The third kappa shape index (κ3) is 3.54. The molecular formula is C18H16N6O2S. The minimum atomic E-state index is 0.327. The minimum absolute atomic E-state index is 0.327. The van der Waals surface area contributed by atoms with E-state index in [-0.39, 0.29) is 0 Å². The summed E-state index contributed by atoms with van der Waals surface area (Å²) in [4.78, 5) is 19.5. The number of nitrogens with zero attached hydrogens (tertiary/aromatic N) is 6. The lowest BCUT2D eigenvalue weighted by molar-refractivity contribution is 0.172. The second kappa shape index (κ2) is 7.58. The van der Waals surface area contributed by atoms with Gasteiger partial charge in [-0.1, -0.05) is 17.8 Å². The van der Waals surface area contributed by atoms with E-state index in [0.29, 0.717) is 42.7 Å². The molecule has 136 valence electrons. The minimum Gasteiger partial charge on any atom is -0.475 e. The molecule has 0 spiro atoms. The summed E-state index contributed by atoms with van der Waals surface area (Å²) in [6.07, 6.45) is 5.74. The zero-order chi connectivity index (χ0) is 18.6. The van der Waals surface area contributed by atoms with Gasteiger partial charge in [-0.05, 0) is 19.1 Å². The molecule has 0 N–H and O–H groups in total. The molecule has 0 amide bonds. The first kappa shape index (κ1) is 17.2. The van der Waals surface area contributed by atoms with Crippen molar-refractivity contribution in [1.82, 2.24) is 25.1 Å². The van der Waals surface area contributed by atoms with Crippen molar-refractivity contribution in [2.45, 2.75) is 13.3 Å². The summed E-state index contributed by atoms with van der Waals surface area (Å²) in [7, 11) is 0. The van der Waals surface area contributed by atoms with Crippen LogP contribution >= 0.6 is 11.3 Å². The van der Waals surface area contributed by atoms with E-state index >= 15 is 0 Å². The van der Waals surface area contributed by atoms with Gasteiger partial charge in [0.2, 0.25) is 0 Å². The number of pyridine rings is 1. The molecule has 1 aliphatic heterocycles. The molecule has 8 nitrogen and oxygen atoms in total. The van der Waals surface area contributed by atoms with Gasteiger partial charge in [-0.25, -0.2) is 9.97 Å². The molecule has 1 aliphatic rings. The first-order chi connectivity index (χ1) is 13.3. The Kier molecular flexibility index (Phi) is 4.84. The van der Waals surface area contributed by atoms with E-state index in [2.05, 4.69) is 36.9 Å². The quantitative estimate of drug-likeness (QED) is 0.381. The van der Waals surface area contributed by atoms with Crippen LogP contribution in [0, 0.1) is 6.92 Å². The third-order valence-electron chi connectivity index (χ3n) is 3.78. The van der Waals surface area contributed by atoms with Crippen molar-refractivity contribution in [3.05, 3.63) is 48.6 Å². The van der Waals surface area contributed by atoms with Crippen molar-refractivity contribution in [3.8, 4) is 27.2 Å². The Hall–Kier alpha value is -3.20. The normalized spacial score (nSPS) is 14.5. The molecule has 27 heavy (non-hydrogen) atoms. The Labute approximate surface area is 159 Å². The molecule has 0 aromatic carbocycles. The van der Waals surface area contributed by atoms with Gasteiger partial charge in [0.1, 0.15) is 17.3 Å². The molecular weight excluding hydrogens is 364 g/mol. The van der Waals surface area contributed by atoms with Gasteiger partial charge < -0.3 is 9.57 Å². The lowest BCUT2D eigenvalue weighted by Crippen LogP contribution is -2.20. The molecule has 4 rings (SSSR count). The molecule has 4 heterocycles. The van der Waals surface area contributed by atoms with Crippen LogP contribution in [0.1, 0.15) is 17.8 Å². The number of aromatic nitrogens is 5. The van der Waals surface area contributed by atoms with Gasteiger partial charge >= 0.3 is 0 Å². The van der Waals surface area contributed by atoms with Gasteiger partial charge in [0.25, 0.3) is 5.88 Å². The maximum absolute atomic E-state index is 5.54. The predicted molar refractivity (Wildman–Crippen MR) is 102 cm³/mol. The zero-order valence-corrected chi connectivity index (χ0v) is 15.4. The number of hydrogen-bond donors (Lipinski definition) is 0. The van der Waals surface area contributed by atoms with Gasteiger partial charge in [-0.3, -0.25) is 4.98 Å². The Morgan fingerprint density at radius 2 is 2.30 bits per heavy atom. The fraction of sp³-hybridized carbons (Fsp3) is 0.222. The third-order valence-corrected chi connectivity index (χ3v) is 4.98. The molecule has 0 atom stereocenters. The van der Waals surface area contributed by atoms with Crippen LogP contribution in [0.2, 0.25) is 0 Å². The molecule has 0 fully saturated rings. The van der Waals surface area contributed by atoms with Crippen molar-refractivity contribution >= 4 is 17.0 Å². The summed E-state index contributed by atoms with van der Waals surface area (Å²) in [5.41, 5.74) is 3.01. The number of oxime groups is 1. The van der Waals surface area contributed by atoms with Crippen molar-refractivity contribution in [2.24, 2.45) is 5.16 Å². The van der Waals surface area contributed by atoms with Gasteiger partial charge in [0, 0.05) is 24.4 Å². The highest BCUT2D eigenvalue weighted by atomic mass is 32.1. The fourth-order valence-electron chi connectivity index (χ4n) is 2.53. The Morgan fingerprint density at radius 3 is 3.11 bits per heavy atom. The Balaban J connectivity index is 1.72. The molecule has 0 aliphatic carbocycles. The van der Waals surface area contributed by atoms with Crippen molar-refractivity contribution in [1.29, 1.82) is 0 Å². The number of ether oxygens (including phenoxy) is 1. The highest BCUT2D eigenvalue weighted by molar-refractivity contribution is 7.18. The summed E-state index contributed by atoms with van der Waals surface area (Å²) >= 11 is 1.50. The molecule has 9 heteroatoms. The number of fused-ring (bicyclic) bond motifs is 1. The standard InChI is InChI=1S/C18H16N6O2S/c1-3-8-26-24-13-6-9-25-17-14(13)21-16(22-23-17)15-11(2)20-18(27-15)12-5-4-7-19-10-12/h3-5,7,10H,1,6,8-9H2,2H3. The van der Waals surface area contributed by atoms with Crippen LogP contribution in [0.4, 0.5) is 0 Å². The van der Waals surface area contributed by atoms with E-state index < -0.39 is 0 Å². The lowest BCUT2D eigenvalue weighted by atomic mass is 10.2. The highest BCUT2D eigenvalue weighted by Crippen LogP contribution is 2.34. The number of rotatable bonds is 5. The van der Waals surface area contributed by atoms with Crippen LogP contribution in [0.15, 0.2) is 42.3 Å². The number of thiazole rings is 1. The molecule has 0 bridgehead atoms. The van der Waals surface area contributed by atoms with Crippen LogP contribution in [-0.2, 0) is 4.84 Å². The van der Waals surface area contributed by atoms with E-state index in [9.17, 15) is 0 Å². The van der Waals surface area contributed by atoms with E-state index in [1.165, 1.54) is 11.3 Å². The molecule has 0 radical (unpaired) electrons. The SMILES string of the molecule is C=CCON=C1CCOc2nnc(-c3sc(-c4cccnc4)nc3C)nc21. The summed E-state index contributed by atoms with van der Waals surface area (Å²) in [6.45, 7) is 6.32. The number of hydrogen-bond acceptors (Lipinski definition) is 9.